The van der Waals surface area contributed by atoms with Crippen molar-refractivity contribution in [2.45, 2.75) is 0 Å². The molecule has 17 heavy (non-hydrogen) atoms. The van der Waals surface area contributed by atoms with E-state index < -0.39 is 5.97 Å². The predicted octanol–water partition coefficient (Wildman–Crippen LogP) is 1.97. The van der Waals surface area contributed by atoms with E-state index >= 15 is 0 Å². The number of carbonyl (C=O) groups is 1. The zero-order chi connectivity index (χ0) is 12.0. The van der Waals surface area contributed by atoms with E-state index in [1.165, 1.54) is 12.3 Å². The fourth-order valence-electron chi connectivity index (χ4n) is 1.91. The largest absolute Gasteiger partial charge is 0.478 e. The van der Waals surface area contributed by atoms with Crippen molar-refractivity contribution in [3.8, 4) is 0 Å². The van der Waals surface area contributed by atoms with Crippen LogP contribution in [0.3, 0.4) is 0 Å². The van der Waals surface area contributed by atoms with E-state index in [-0.39, 0.29) is 22.3 Å². The molecule has 0 radical (unpaired) electrons. The normalized spacial score (nSPS) is 11.1. The van der Waals surface area contributed by atoms with Crippen LogP contribution in [0.2, 0.25) is 0 Å². The number of nitrogens with one attached hydrogen (secondary N) is 1. The second kappa shape index (κ2) is 3.21. The Kier molecular flexibility index (Phi) is 1.82. The third-order valence-corrected chi connectivity index (χ3v) is 2.66. The van der Waals surface area contributed by atoms with E-state index in [9.17, 15) is 9.59 Å². The van der Waals surface area contributed by atoms with Gasteiger partial charge in [0, 0.05) is 17.0 Å². The van der Waals surface area contributed by atoms with Crippen LogP contribution in [0.25, 0.3) is 21.9 Å². The molecule has 0 saturated carbocycles. The number of fused-ring (bicyclic) bond motifs is 3. The number of H-pyrrole nitrogens is 1. The van der Waals surface area contributed by atoms with E-state index in [0.29, 0.717) is 10.8 Å². The third kappa shape index (κ3) is 1.25. The lowest BCUT2D eigenvalue weighted by atomic mass is 10.1. The minimum atomic E-state index is -1.08. The number of hydrogen-bond donors (Lipinski definition) is 2. The summed E-state index contributed by atoms with van der Waals surface area (Å²) in [7, 11) is 0. The number of carboxylic acids is 1. The molecule has 3 aromatic rings. The highest BCUT2D eigenvalue weighted by Crippen LogP contribution is 2.28. The Labute approximate surface area is 94.3 Å². The molecular formula is C12H7NO4. The van der Waals surface area contributed by atoms with Crippen LogP contribution < -0.4 is 5.56 Å². The van der Waals surface area contributed by atoms with Crippen molar-refractivity contribution in [1.82, 2.24) is 4.98 Å². The van der Waals surface area contributed by atoms with Crippen LogP contribution in [0.5, 0.6) is 0 Å². The molecule has 0 atom stereocenters. The highest BCUT2D eigenvalue weighted by atomic mass is 16.4. The molecule has 2 N–H and O–H groups in total. The number of benzene rings is 1. The van der Waals surface area contributed by atoms with Gasteiger partial charge in [0.05, 0.1) is 0 Å². The van der Waals surface area contributed by atoms with Crippen molar-refractivity contribution in [2.75, 3.05) is 0 Å². The number of pyridine rings is 1. The maximum absolute atomic E-state index is 11.5. The standard InChI is InChI=1S/C12H7NO4/c14-11-10-7(4-5-13-11)6-2-1-3-8(12(15)16)9(6)17-10/h1-5H,(H,13,14)(H,15,16). The van der Waals surface area contributed by atoms with Gasteiger partial charge in [0.15, 0.2) is 5.58 Å². The van der Waals surface area contributed by atoms with Crippen LogP contribution in [0.4, 0.5) is 0 Å². The van der Waals surface area contributed by atoms with E-state index in [1.54, 1.807) is 18.2 Å². The van der Waals surface area contributed by atoms with Crippen molar-refractivity contribution in [1.29, 1.82) is 0 Å². The first-order valence-corrected chi connectivity index (χ1v) is 4.94. The van der Waals surface area contributed by atoms with Crippen LogP contribution in [-0.2, 0) is 0 Å². The Morgan fingerprint density at radius 1 is 1.18 bits per heavy atom. The van der Waals surface area contributed by atoms with Gasteiger partial charge in [-0.3, -0.25) is 4.79 Å². The monoisotopic (exact) mass is 229 g/mol. The molecule has 0 amide bonds. The summed E-state index contributed by atoms with van der Waals surface area (Å²) in [6, 6.07) is 6.49. The highest BCUT2D eigenvalue weighted by Gasteiger charge is 2.15. The summed E-state index contributed by atoms with van der Waals surface area (Å²) in [6.07, 6.45) is 1.51. The number of carboxylic acid groups (broad SMARTS) is 1. The summed E-state index contributed by atoms with van der Waals surface area (Å²) >= 11 is 0. The smallest absolute Gasteiger partial charge is 0.339 e. The first-order chi connectivity index (χ1) is 8.18. The predicted molar refractivity (Wildman–Crippen MR) is 61.3 cm³/mol. The summed E-state index contributed by atoms with van der Waals surface area (Å²) in [5, 5.41) is 10.3. The molecule has 0 aliphatic heterocycles. The van der Waals surface area contributed by atoms with Crippen molar-refractivity contribution >= 4 is 27.9 Å². The summed E-state index contributed by atoms with van der Waals surface area (Å²) in [5.74, 6) is -1.08. The topological polar surface area (TPSA) is 83.3 Å². The molecule has 5 heteroatoms. The maximum atomic E-state index is 11.5. The van der Waals surface area contributed by atoms with Gasteiger partial charge in [-0.05, 0) is 12.1 Å². The van der Waals surface area contributed by atoms with E-state index in [2.05, 4.69) is 4.98 Å². The van der Waals surface area contributed by atoms with Crippen LogP contribution >= 0.6 is 0 Å². The molecular weight excluding hydrogens is 222 g/mol. The third-order valence-electron chi connectivity index (χ3n) is 2.66. The number of furan rings is 1. The second-order valence-electron chi connectivity index (χ2n) is 3.64. The van der Waals surface area contributed by atoms with Gasteiger partial charge in [-0.2, -0.15) is 0 Å². The number of para-hydroxylation sites is 1. The molecule has 0 aliphatic rings. The average molecular weight is 229 g/mol. The zero-order valence-electron chi connectivity index (χ0n) is 8.56. The lowest BCUT2D eigenvalue weighted by Crippen LogP contribution is -2.02. The van der Waals surface area contributed by atoms with Crippen molar-refractivity contribution in [3.05, 3.63) is 46.4 Å². The molecule has 2 heterocycles. The zero-order valence-corrected chi connectivity index (χ0v) is 8.56. The Bertz CT molecular complexity index is 797. The van der Waals surface area contributed by atoms with Crippen LogP contribution in [-0.4, -0.2) is 16.1 Å². The van der Waals surface area contributed by atoms with E-state index in [1.807, 2.05) is 0 Å². The summed E-state index contributed by atoms with van der Waals surface area (Å²) in [5.41, 5.74) is 0.0658. The molecule has 2 aromatic heterocycles. The molecule has 5 nitrogen and oxygen atoms in total. The fourth-order valence-corrected chi connectivity index (χ4v) is 1.91. The number of aromatic amines is 1. The van der Waals surface area contributed by atoms with Crippen LogP contribution in [0, 0.1) is 0 Å². The first kappa shape index (κ1) is 9.65. The Balaban J connectivity index is 2.60. The second-order valence-corrected chi connectivity index (χ2v) is 3.64. The van der Waals surface area contributed by atoms with Crippen molar-refractivity contribution in [3.63, 3.8) is 0 Å². The Hall–Kier alpha value is -2.56. The van der Waals surface area contributed by atoms with Gasteiger partial charge in [0.1, 0.15) is 11.1 Å². The minimum Gasteiger partial charge on any atom is -0.478 e. The molecule has 0 fully saturated rings. The highest BCUT2D eigenvalue weighted by molar-refractivity contribution is 6.11. The summed E-state index contributed by atoms with van der Waals surface area (Å²) < 4.78 is 5.35. The maximum Gasteiger partial charge on any atom is 0.339 e. The Morgan fingerprint density at radius 2 is 1.94 bits per heavy atom. The number of aromatic carboxylic acids is 1. The van der Waals surface area contributed by atoms with Gasteiger partial charge in [-0.1, -0.05) is 12.1 Å². The first-order valence-electron chi connectivity index (χ1n) is 4.94. The van der Waals surface area contributed by atoms with Gasteiger partial charge < -0.3 is 14.5 Å². The van der Waals surface area contributed by atoms with Gasteiger partial charge in [-0.25, -0.2) is 4.79 Å². The lowest BCUT2D eigenvalue weighted by molar-refractivity contribution is 0.0698. The molecule has 0 bridgehead atoms. The number of aromatic nitrogens is 1. The SMILES string of the molecule is O=C(O)c1cccc2c1oc1c(=O)[nH]ccc12. The van der Waals surface area contributed by atoms with Gasteiger partial charge in [-0.15, -0.1) is 0 Å². The van der Waals surface area contributed by atoms with Gasteiger partial charge in [0.2, 0.25) is 0 Å². The molecule has 0 saturated heterocycles. The number of rotatable bonds is 1. The Morgan fingerprint density at radius 3 is 2.71 bits per heavy atom. The quantitative estimate of drug-likeness (QED) is 0.668. The van der Waals surface area contributed by atoms with Crippen molar-refractivity contribution < 1.29 is 14.3 Å². The molecule has 1 aromatic carbocycles. The van der Waals surface area contributed by atoms with Crippen LogP contribution in [0.15, 0.2) is 39.7 Å². The summed E-state index contributed by atoms with van der Waals surface area (Å²) in [4.78, 5) is 25.1. The molecule has 0 spiro atoms. The van der Waals surface area contributed by atoms with Gasteiger partial charge in [0.25, 0.3) is 5.56 Å². The molecule has 3 rings (SSSR count). The van der Waals surface area contributed by atoms with Crippen LogP contribution in [0.1, 0.15) is 10.4 Å². The fraction of sp³-hybridized carbons (Fsp3) is 0. The molecule has 0 unspecified atom stereocenters. The minimum absolute atomic E-state index is 0.0538. The van der Waals surface area contributed by atoms with Crippen molar-refractivity contribution in [2.24, 2.45) is 0 Å². The lowest BCUT2D eigenvalue weighted by Gasteiger charge is -1.94. The number of hydrogen-bond acceptors (Lipinski definition) is 3. The average Bonchev–Trinajstić information content (AvgIpc) is 2.69. The van der Waals surface area contributed by atoms with E-state index in [0.717, 1.165) is 0 Å². The molecule has 0 aliphatic carbocycles. The van der Waals surface area contributed by atoms with Gasteiger partial charge >= 0.3 is 5.97 Å². The van der Waals surface area contributed by atoms with E-state index in [4.69, 9.17) is 9.52 Å². The molecule has 84 valence electrons. The summed E-state index contributed by atoms with van der Waals surface area (Å²) in [6.45, 7) is 0.